The predicted molar refractivity (Wildman–Crippen MR) is 95.0 cm³/mol. The number of nitrogens with zero attached hydrogens (tertiary/aromatic N) is 1. The van der Waals surface area contributed by atoms with Crippen LogP contribution in [0, 0.1) is 0 Å². The molecule has 24 heavy (non-hydrogen) atoms. The first-order chi connectivity index (χ1) is 11.4. The van der Waals surface area contributed by atoms with Gasteiger partial charge in [-0.3, -0.25) is 9.89 Å². The zero-order chi connectivity index (χ0) is 17.3. The Kier molecular flexibility index (Phi) is 4.45. The lowest BCUT2D eigenvalue weighted by atomic mass is 9.86. The van der Waals surface area contributed by atoms with E-state index in [1.807, 2.05) is 6.92 Å². The van der Waals surface area contributed by atoms with Crippen molar-refractivity contribution in [1.82, 2.24) is 20.8 Å². The van der Waals surface area contributed by atoms with Crippen LogP contribution in [0.25, 0.3) is 0 Å². The van der Waals surface area contributed by atoms with Gasteiger partial charge < -0.3 is 10.6 Å². The van der Waals surface area contributed by atoms with Gasteiger partial charge in [0.1, 0.15) is 0 Å². The predicted octanol–water partition coefficient (Wildman–Crippen LogP) is 2.84. The molecule has 2 heterocycles. The van der Waals surface area contributed by atoms with Gasteiger partial charge in [0.2, 0.25) is 0 Å². The Bertz CT molecular complexity index is 725. The number of carbonyl (C=O) groups is 1. The van der Waals surface area contributed by atoms with E-state index < -0.39 is 0 Å². The lowest BCUT2D eigenvalue weighted by Gasteiger charge is -2.21. The Hall–Kier alpha value is -2.14. The Labute approximate surface area is 143 Å². The first-order valence-corrected chi connectivity index (χ1v) is 8.54. The van der Waals surface area contributed by atoms with Gasteiger partial charge in [-0.1, -0.05) is 45.0 Å². The third kappa shape index (κ3) is 3.36. The molecule has 0 spiro atoms. The second-order valence-corrected chi connectivity index (χ2v) is 7.52. The van der Waals surface area contributed by atoms with E-state index >= 15 is 0 Å². The van der Waals surface area contributed by atoms with Crippen LogP contribution in [-0.2, 0) is 18.4 Å². The molecule has 0 fully saturated rings. The quantitative estimate of drug-likeness (QED) is 0.812. The Morgan fingerprint density at radius 3 is 2.62 bits per heavy atom. The van der Waals surface area contributed by atoms with Gasteiger partial charge in [-0.05, 0) is 23.5 Å². The highest BCUT2D eigenvalue weighted by Crippen LogP contribution is 2.24. The summed E-state index contributed by atoms with van der Waals surface area (Å²) in [5, 5.41) is 13.6. The summed E-state index contributed by atoms with van der Waals surface area (Å²) < 4.78 is 0. The van der Waals surface area contributed by atoms with Gasteiger partial charge in [0.15, 0.2) is 5.69 Å². The van der Waals surface area contributed by atoms with Gasteiger partial charge in [-0.25, -0.2) is 0 Å². The molecule has 5 nitrogen and oxygen atoms in total. The monoisotopic (exact) mass is 326 g/mol. The molecule has 0 saturated heterocycles. The van der Waals surface area contributed by atoms with Crippen LogP contribution in [0.4, 0.5) is 0 Å². The SMILES string of the molecule is CC(NC(=O)c1n[nH]c2c1CNCC2)c1ccc(C(C)(C)C)cc1. The van der Waals surface area contributed by atoms with E-state index in [0.717, 1.165) is 29.8 Å². The second kappa shape index (κ2) is 6.40. The molecular weight excluding hydrogens is 300 g/mol. The number of aromatic amines is 1. The van der Waals surface area contributed by atoms with E-state index in [4.69, 9.17) is 0 Å². The molecule has 5 heteroatoms. The van der Waals surface area contributed by atoms with Crippen LogP contribution in [0.1, 0.15) is 66.6 Å². The van der Waals surface area contributed by atoms with Crippen LogP contribution in [0.5, 0.6) is 0 Å². The number of aromatic nitrogens is 2. The van der Waals surface area contributed by atoms with E-state index in [9.17, 15) is 4.79 Å². The number of nitrogens with one attached hydrogen (secondary N) is 3. The average Bonchev–Trinajstić information content (AvgIpc) is 2.98. The Morgan fingerprint density at radius 2 is 1.96 bits per heavy atom. The summed E-state index contributed by atoms with van der Waals surface area (Å²) in [7, 11) is 0. The van der Waals surface area contributed by atoms with E-state index in [2.05, 4.69) is 65.9 Å². The maximum atomic E-state index is 12.6. The molecule has 0 radical (unpaired) electrons. The molecule has 1 amide bonds. The number of H-pyrrole nitrogens is 1. The lowest BCUT2D eigenvalue weighted by Crippen LogP contribution is -2.30. The number of fused-ring (bicyclic) bond motifs is 1. The fourth-order valence-electron chi connectivity index (χ4n) is 3.03. The summed E-state index contributed by atoms with van der Waals surface area (Å²) in [5.41, 5.74) is 5.09. The number of carbonyl (C=O) groups excluding carboxylic acids is 1. The molecular formula is C19H26N4O. The van der Waals surface area contributed by atoms with Crippen LogP contribution in [0.2, 0.25) is 0 Å². The molecule has 3 N–H and O–H groups in total. The molecule has 1 aliphatic rings. The van der Waals surface area contributed by atoms with Crippen LogP contribution in [0.15, 0.2) is 24.3 Å². The number of rotatable bonds is 3. The van der Waals surface area contributed by atoms with Crippen molar-refractivity contribution in [3.05, 3.63) is 52.3 Å². The largest absolute Gasteiger partial charge is 0.344 e. The summed E-state index contributed by atoms with van der Waals surface area (Å²) in [4.78, 5) is 12.6. The molecule has 3 rings (SSSR count). The summed E-state index contributed by atoms with van der Waals surface area (Å²) in [6.07, 6.45) is 0.888. The molecule has 1 aliphatic heterocycles. The van der Waals surface area contributed by atoms with Crippen molar-refractivity contribution in [2.75, 3.05) is 6.54 Å². The highest BCUT2D eigenvalue weighted by molar-refractivity contribution is 5.94. The third-order valence-corrected chi connectivity index (χ3v) is 4.65. The molecule has 1 atom stereocenters. The first-order valence-electron chi connectivity index (χ1n) is 8.54. The van der Waals surface area contributed by atoms with Crippen molar-refractivity contribution in [2.24, 2.45) is 0 Å². The van der Waals surface area contributed by atoms with E-state index in [0.29, 0.717) is 12.2 Å². The normalized spacial score (nSPS) is 15.7. The van der Waals surface area contributed by atoms with Crippen LogP contribution in [0.3, 0.4) is 0 Å². The topological polar surface area (TPSA) is 69.8 Å². The number of hydrogen-bond acceptors (Lipinski definition) is 3. The Morgan fingerprint density at radius 1 is 1.25 bits per heavy atom. The van der Waals surface area contributed by atoms with Crippen molar-refractivity contribution in [3.8, 4) is 0 Å². The molecule has 1 aromatic heterocycles. The van der Waals surface area contributed by atoms with Gasteiger partial charge in [0.25, 0.3) is 5.91 Å². The highest BCUT2D eigenvalue weighted by atomic mass is 16.2. The standard InChI is InChI=1S/C19H26N4O/c1-12(13-5-7-14(8-6-13)19(2,3)4)21-18(24)17-15-11-20-10-9-16(15)22-23-17/h5-8,12,20H,9-11H2,1-4H3,(H,21,24)(H,22,23). The fraction of sp³-hybridized carbons (Fsp3) is 0.474. The number of amides is 1. The highest BCUT2D eigenvalue weighted by Gasteiger charge is 2.23. The molecule has 0 bridgehead atoms. The van der Waals surface area contributed by atoms with Crippen molar-refractivity contribution in [1.29, 1.82) is 0 Å². The van der Waals surface area contributed by atoms with Crippen LogP contribution in [-0.4, -0.2) is 22.6 Å². The van der Waals surface area contributed by atoms with Gasteiger partial charge in [-0.15, -0.1) is 0 Å². The molecule has 128 valence electrons. The zero-order valence-corrected chi connectivity index (χ0v) is 14.9. The maximum Gasteiger partial charge on any atom is 0.272 e. The molecule has 1 unspecified atom stereocenters. The fourth-order valence-corrected chi connectivity index (χ4v) is 3.03. The van der Waals surface area contributed by atoms with Crippen LogP contribution >= 0.6 is 0 Å². The van der Waals surface area contributed by atoms with E-state index in [1.165, 1.54) is 5.56 Å². The van der Waals surface area contributed by atoms with Crippen LogP contribution < -0.4 is 10.6 Å². The number of hydrogen-bond donors (Lipinski definition) is 3. The maximum absolute atomic E-state index is 12.6. The van der Waals surface area contributed by atoms with E-state index in [-0.39, 0.29) is 17.4 Å². The summed E-state index contributed by atoms with van der Waals surface area (Å²) >= 11 is 0. The van der Waals surface area contributed by atoms with Crippen molar-refractivity contribution < 1.29 is 4.79 Å². The van der Waals surface area contributed by atoms with E-state index in [1.54, 1.807) is 0 Å². The van der Waals surface area contributed by atoms with Gasteiger partial charge in [0.05, 0.1) is 6.04 Å². The molecule has 1 aromatic carbocycles. The summed E-state index contributed by atoms with van der Waals surface area (Å²) in [6.45, 7) is 10.2. The molecule has 2 aromatic rings. The van der Waals surface area contributed by atoms with Gasteiger partial charge >= 0.3 is 0 Å². The second-order valence-electron chi connectivity index (χ2n) is 7.52. The minimum Gasteiger partial charge on any atom is -0.344 e. The summed E-state index contributed by atoms with van der Waals surface area (Å²) in [6, 6.07) is 8.40. The average molecular weight is 326 g/mol. The first kappa shape index (κ1) is 16.7. The molecule has 0 saturated carbocycles. The van der Waals surface area contributed by atoms with Crippen molar-refractivity contribution in [2.45, 2.75) is 52.1 Å². The minimum atomic E-state index is -0.122. The van der Waals surface area contributed by atoms with Gasteiger partial charge in [-0.2, -0.15) is 5.10 Å². The summed E-state index contributed by atoms with van der Waals surface area (Å²) in [5.74, 6) is -0.122. The lowest BCUT2D eigenvalue weighted by molar-refractivity contribution is 0.0933. The zero-order valence-electron chi connectivity index (χ0n) is 14.9. The van der Waals surface area contributed by atoms with Gasteiger partial charge in [0, 0.05) is 30.8 Å². The Balaban J connectivity index is 1.71. The van der Waals surface area contributed by atoms with Crippen molar-refractivity contribution >= 4 is 5.91 Å². The van der Waals surface area contributed by atoms with Crippen molar-refractivity contribution in [3.63, 3.8) is 0 Å². The molecule has 0 aliphatic carbocycles. The smallest absolute Gasteiger partial charge is 0.272 e. The number of benzene rings is 1. The minimum absolute atomic E-state index is 0.0598. The third-order valence-electron chi connectivity index (χ3n) is 4.65.